The Balaban J connectivity index is 1.69. The van der Waals surface area contributed by atoms with E-state index in [0.29, 0.717) is 5.41 Å². The van der Waals surface area contributed by atoms with Gasteiger partial charge >= 0.3 is 0 Å². The zero-order chi connectivity index (χ0) is 15.0. The number of ether oxygens (including phenoxy) is 2. The monoisotopic (exact) mass is 287 g/mol. The summed E-state index contributed by atoms with van der Waals surface area (Å²) in [5.74, 6) is 3.27. The first-order valence-electron chi connectivity index (χ1n) is 7.70. The molecule has 3 heteroatoms. The molecule has 1 saturated carbocycles. The van der Waals surface area contributed by atoms with Crippen molar-refractivity contribution in [3.05, 3.63) is 29.8 Å². The van der Waals surface area contributed by atoms with E-state index in [4.69, 9.17) is 9.47 Å². The van der Waals surface area contributed by atoms with Gasteiger partial charge in [0.05, 0.1) is 14.2 Å². The van der Waals surface area contributed by atoms with Crippen LogP contribution in [0.3, 0.4) is 0 Å². The third-order valence-electron chi connectivity index (χ3n) is 5.43. The number of hydrogen-bond donors (Lipinski definition) is 1. The van der Waals surface area contributed by atoms with Crippen LogP contribution in [0.15, 0.2) is 29.8 Å². The Labute approximate surface area is 127 Å². The Morgan fingerprint density at radius 2 is 1.81 bits per heavy atom. The molecule has 21 heavy (non-hydrogen) atoms. The Bertz CT molecular complexity index is 540. The molecule has 2 bridgehead atoms. The number of methoxy groups -OCH3 is 2. The van der Waals surface area contributed by atoms with E-state index in [1.807, 2.05) is 18.2 Å². The SMILES string of the molecule is COc1cc(NCC2=CCC3CC2C3(C)C)cc(OC)c1. The Morgan fingerprint density at radius 1 is 1.14 bits per heavy atom. The molecular weight excluding hydrogens is 262 g/mol. The minimum atomic E-state index is 0.484. The fraction of sp³-hybridized carbons (Fsp3) is 0.556. The topological polar surface area (TPSA) is 30.5 Å². The zero-order valence-corrected chi connectivity index (χ0v) is 13.4. The van der Waals surface area contributed by atoms with Gasteiger partial charge in [-0.3, -0.25) is 0 Å². The number of benzene rings is 1. The normalized spacial score (nSPS) is 25.6. The van der Waals surface area contributed by atoms with Crippen molar-refractivity contribution in [3.8, 4) is 11.5 Å². The largest absolute Gasteiger partial charge is 0.497 e. The van der Waals surface area contributed by atoms with Crippen LogP contribution in [-0.2, 0) is 0 Å². The van der Waals surface area contributed by atoms with Crippen LogP contribution in [0.2, 0.25) is 0 Å². The third-order valence-corrected chi connectivity index (χ3v) is 5.43. The summed E-state index contributed by atoms with van der Waals surface area (Å²) in [5, 5.41) is 3.53. The van der Waals surface area contributed by atoms with E-state index in [9.17, 15) is 0 Å². The van der Waals surface area contributed by atoms with Crippen LogP contribution in [0, 0.1) is 17.3 Å². The maximum atomic E-state index is 5.32. The van der Waals surface area contributed by atoms with Crippen molar-refractivity contribution >= 4 is 5.69 Å². The molecule has 0 heterocycles. The molecule has 114 valence electrons. The first-order valence-corrected chi connectivity index (χ1v) is 7.70. The van der Waals surface area contributed by atoms with E-state index in [1.54, 1.807) is 19.8 Å². The molecule has 0 aliphatic heterocycles. The minimum absolute atomic E-state index is 0.484. The van der Waals surface area contributed by atoms with Crippen LogP contribution >= 0.6 is 0 Å². The van der Waals surface area contributed by atoms with Gasteiger partial charge in [-0.2, -0.15) is 0 Å². The van der Waals surface area contributed by atoms with E-state index < -0.39 is 0 Å². The molecule has 4 rings (SSSR count). The summed E-state index contributed by atoms with van der Waals surface area (Å²) in [6.45, 7) is 5.73. The number of fused-ring (bicyclic) bond motifs is 1. The van der Waals surface area contributed by atoms with E-state index in [1.165, 1.54) is 12.8 Å². The molecule has 1 N–H and O–H groups in total. The summed E-state index contributed by atoms with van der Waals surface area (Å²) < 4.78 is 10.6. The van der Waals surface area contributed by atoms with Crippen molar-refractivity contribution in [1.82, 2.24) is 0 Å². The van der Waals surface area contributed by atoms with E-state index >= 15 is 0 Å². The molecule has 3 nitrogen and oxygen atoms in total. The lowest BCUT2D eigenvalue weighted by molar-refractivity contribution is -0.00629. The van der Waals surface area contributed by atoms with Crippen LogP contribution in [0.25, 0.3) is 0 Å². The van der Waals surface area contributed by atoms with E-state index in [2.05, 4.69) is 25.2 Å². The molecule has 0 aromatic heterocycles. The summed E-state index contributed by atoms with van der Waals surface area (Å²) >= 11 is 0. The Morgan fingerprint density at radius 3 is 2.33 bits per heavy atom. The van der Waals surface area contributed by atoms with E-state index in [-0.39, 0.29) is 0 Å². The summed E-state index contributed by atoms with van der Waals surface area (Å²) in [4.78, 5) is 0. The maximum Gasteiger partial charge on any atom is 0.124 e. The molecule has 0 amide bonds. The molecule has 2 atom stereocenters. The molecule has 1 fully saturated rings. The van der Waals surface area contributed by atoms with Crippen LogP contribution in [0.5, 0.6) is 11.5 Å². The highest BCUT2D eigenvalue weighted by Gasteiger charge is 2.50. The highest BCUT2D eigenvalue weighted by molar-refractivity contribution is 5.54. The van der Waals surface area contributed by atoms with Gasteiger partial charge in [-0.25, -0.2) is 0 Å². The lowest BCUT2D eigenvalue weighted by Gasteiger charge is -2.56. The summed E-state index contributed by atoms with van der Waals surface area (Å²) in [6.07, 6.45) is 5.04. The number of rotatable bonds is 5. The lowest BCUT2D eigenvalue weighted by Crippen LogP contribution is -2.49. The first-order chi connectivity index (χ1) is 10.0. The Kier molecular flexibility index (Phi) is 3.60. The molecule has 3 aliphatic rings. The predicted octanol–water partition coefficient (Wildman–Crippen LogP) is 4.11. The van der Waals surface area contributed by atoms with Gasteiger partial charge in [-0.05, 0) is 30.1 Å². The quantitative estimate of drug-likeness (QED) is 0.827. The highest BCUT2D eigenvalue weighted by Crippen LogP contribution is 2.59. The van der Waals surface area contributed by atoms with Gasteiger partial charge in [0.15, 0.2) is 0 Å². The third kappa shape index (κ3) is 2.50. The zero-order valence-electron chi connectivity index (χ0n) is 13.4. The molecule has 1 aromatic carbocycles. The highest BCUT2D eigenvalue weighted by atomic mass is 16.5. The van der Waals surface area contributed by atoms with Crippen molar-refractivity contribution in [2.75, 3.05) is 26.1 Å². The van der Waals surface area contributed by atoms with Gasteiger partial charge in [0.2, 0.25) is 0 Å². The van der Waals surface area contributed by atoms with Crippen molar-refractivity contribution in [1.29, 1.82) is 0 Å². The predicted molar refractivity (Wildman–Crippen MR) is 86.1 cm³/mol. The minimum Gasteiger partial charge on any atom is -0.497 e. The first kappa shape index (κ1) is 14.3. The average molecular weight is 287 g/mol. The van der Waals surface area contributed by atoms with Gasteiger partial charge in [0.1, 0.15) is 11.5 Å². The number of hydrogen-bond acceptors (Lipinski definition) is 3. The molecule has 0 saturated heterocycles. The average Bonchev–Trinajstić information content (AvgIpc) is 2.52. The number of allylic oxidation sites excluding steroid dienone is 1. The smallest absolute Gasteiger partial charge is 0.124 e. The summed E-state index contributed by atoms with van der Waals surface area (Å²) in [5.41, 5.74) is 3.09. The maximum absolute atomic E-state index is 5.32. The van der Waals surface area contributed by atoms with Crippen molar-refractivity contribution < 1.29 is 9.47 Å². The van der Waals surface area contributed by atoms with Crippen LogP contribution in [-0.4, -0.2) is 20.8 Å². The molecular formula is C18H25NO2. The Hall–Kier alpha value is -1.64. The molecule has 1 aromatic rings. The fourth-order valence-corrected chi connectivity index (χ4v) is 3.79. The molecule has 2 unspecified atom stereocenters. The standard InChI is InChI=1S/C18H25NO2/c1-18(2)13-6-5-12(17(18)7-13)11-19-14-8-15(20-3)10-16(9-14)21-4/h5,8-10,13,17,19H,6-7,11H2,1-4H3. The second-order valence-electron chi connectivity index (χ2n) is 6.78. The van der Waals surface area contributed by atoms with Gasteiger partial charge in [-0.1, -0.05) is 25.5 Å². The number of anilines is 1. The molecule has 3 aliphatic carbocycles. The van der Waals surface area contributed by atoms with Gasteiger partial charge < -0.3 is 14.8 Å². The lowest BCUT2D eigenvalue weighted by atomic mass is 9.49. The van der Waals surface area contributed by atoms with Gasteiger partial charge in [-0.15, -0.1) is 0 Å². The van der Waals surface area contributed by atoms with Crippen molar-refractivity contribution in [3.63, 3.8) is 0 Å². The number of nitrogens with one attached hydrogen (secondary N) is 1. The fourth-order valence-electron chi connectivity index (χ4n) is 3.79. The molecule has 0 radical (unpaired) electrons. The van der Waals surface area contributed by atoms with Crippen LogP contribution < -0.4 is 14.8 Å². The van der Waals surface area contributed by atoms with E-state index in [0.717, 1.165) is 35.6 Å². The van der Waals surface area contributed by atoms with Gasteiger partial charge in [0, 0.05) is 30.4 Å². The van der Waals surface area contributed by atoms with Gasteiger partial charge in [0.25, 0.3) is 0 Å². The second-order valence-corrected chi connectivity index (χ2v) is 6.78. The second kappa shape index (κ2) is 5.28. The molecule has 0 spiro atoms. The summed E-state index contributed by atoms with van der Waals surface area (Å²) in [7, 11) is 3.36. The van der Waals surface area contributed by atoms with Crippen LogP contribution in [0.4, 0.5) is 5.69 Å². The van der Waals surface area contributed by atoms with Crippen molar-refractivity contribution in [2.45, 2.75) is 26.7 Å². The van der Waals surface area contributed by atoms with Crippen LogP contribution in [0.1, 0.15) is 26.7 Å². The van der Waals surface area contributed by atoms with Crippen molar-refractivity contribution in [2.24, 2.45) is 17.3 Å². The summed E-state index contributed by atoms with van der Waals surface area (Å²) in [6, 6.07) is 5.92.